The SMILES string of the molecule is COC(=O)c1ccc(Oc2ccc3c(ccn3C)c2)cc1NC(=O)c1ccccc1.Cn1ccc2cc(Oc3ccc(C(=O)O)c(NC(=O)c4ccccc4)c3)ccc21. The van der Waals surface area contributed by atoms with Gasteiger partial charge in [-0.15, -0.1) is 0 Å². The van der Waals surface area contributed by atoms with E-state index >= 15 is 0 Å². The van der Waals surface area contributed by atoms with Crippen molar-refractivity contribution in [2.45, 2.75) is 0 Å². The molecule has 8 rings (SSSR count). The molecular formula is C47H38N4O8. The number of rotatable bonds is 10. The molecule has 59 heavy (non-hydrogen) atoms. The number of carbonyl (C=O) groups excluding carboxylic acids is 3. The molecule has 0 unspecified atom stereocenters. The average Bonchev–Trinajstić information content (AvgIpc) is 3.81. The normalized spacial score (nSPS) is 10.6. The third-order valence-corrected chi connectivity index (χ3v) is 9.37. The Balaban J connectivity index is 0.000000179. The van der Waals surface area contributed by atoms with Gasteiger partial charge < -0.3 is 39.1 Å². The fraction of sp³-hybridized carbons (Fsp3) is 0.0638. The summed E-state index contributed by atoms with van der Waals surface area (Å²) in [6.45, 7) is 0. The number of carboxylic acids is 1. The van der Waals surface area contributed by atoms with Crippen LogP contribution in [-0.2, 0) is 18.8 Å². The first-order chi connectivity index (χ1) is 28.6. The van der Waals surface area contributed by atoms with Gasteiger partial charge in [-0.2, -0.15) is 0 Å². The molecule has 0 atom stereocenters. The highest BCUT2D eigenvalue weighted by atomic mass is 16.5. The van der Waals surface area contributed by atoms with Crippen LogP contribution in [0.4, 0.5) is 11.4 Å². The minimum Gasteiger partial charge on any atom is -0.478 e. The number of aromatic nitrogens is 2. The van der Waals surface area contributed by atoms with Gasteiger partial charge >= 0.3 is 11.9 Å². The molecule has 3 N–H and O–H groups in total. The molecule has 0 radical (unpaired) electrons. The Morgan fingerprint density at radius 1 is 0.508 bits per heavy atom. The van der Waals surface area contributed by atoms with Crippen LogP contribution < -0.4 is 20.1 Å². The van der Waals surface area contributed by atoms with Crippen molar-refractivity contribution in [1.29, 1.82) is 0 Å². The van der Waals surface area contributed by atoms with E-state index in [4.69, 9.17) is 14.2 Å². The third-order valence-electron chi connectivity index (χ3n) is 9.37. The summed E-state index contributed by atoms with van der Waals surface area (Å²) in [5.41, 5.74) is 3.80. The Kier molecular flexibility index (Phi) is 11.5. The van der Waals surface area contributed by atoms with Gasteiger partial charge in [0.1, 0.15) is 23.0 Å². The van der Waals surface area contributed by atoms with Crippen molar-refractivity contribution < 1.29 is 38.5 Å². The van der Waals surface area contributed by atoms with Crippen LogP contribution in [0.5, 0.6) is 23.0 Å². The zero-order valence-electron chi connectivity index (χ0n) is 32.2. The van der Waals surface area contributed by atoms with Crippen molar-refractivity contribution >= 4 is 56.9 Å². The van der Waals surface area contributed by atoms with Crippen LogP contribution in [0, 0.1) is 0 Å². The molecule has 0 saturated carbocycles. The summed E-state index contributed by atoms with van der Waals surface area (Å²) in [5, 5.41) is 17.0. The van der Waals surface area contributed by atoms with Gasteiger partial charge in [0.25, 0.3) is 11.8 Å². The quantitative estimate of drug-likeness (QED) is 0.116. The molecule has 294 valence electrons. The summed E-state index contributed by atoms with van der Waals surface area (Å²) in [5.74, 6) is -0.220. The Morgan fingerprint density at radius 3 is 1.36 bits per heavy atom. The molecule has 0 saturated heterocycles. The Labute approximate surface area is 338 Å². The molecule has 6 aromatic carbocycles. The molecule has 0 spiro atoms. The van der Waals surface area contributed by atoms with Gasteiger partial charge in [-0.1, -0.05) is 36.4 Å². The molecule has 12 nitrogen and oxygen atoms in total. The van der Waals surface area contributed by atoms with E-state index in [1.54, 1.807) is 78.9 Å². The lowest BCUT2D eigenvalue weighted by molar-refractivity contribution is 0.0600. The lowest BCUT2D eigenvalue weighted by Crippen LogP contribution is -2.15. The number of esters is 1. The standard InChI is InChI=1S/C24H20N2O4.C23H18N2O4/c1-26-13-12-17-14-18(9-11-22(17)26)30-19-8-10-20(24(28)29-2)21(15-19)25-23(27)16-6-4-3-5-7-16;1-25-12-11-16-13-17(8-10-21(16)25)29-18-7-9-19(23(27)28)20(14-18)24-22(26)15-5-3-2-4-6-15/h3-15H,1-2H3,(H,25,27);2-14H,1H3,(H,24,26)(H,27,28). The number of nitrogens with zero attached hydrogens (tertiary/aromatic N) is 2. The summed E-state index contributed by atoms with van der Waals surface area (Å²) in [7, 11) is 5.25. The first-order valence-electron chi connectivity index (χ1n) is 18.3. The van der Waals surface area contributed by atoms with E-state index in [0.717, 1.165) is 21.8 Å². The number of benzene rings is 6. The maximum absolute atomic E-state index is 12.6. The van der Waals surface area contributed by atoms with Crippen molar-refractivity contribution in [3.63, 3.8) is 0 Å². The summed E-state index contributed by atoms with van der Waals surface area (Å²) >= 11 is 0. The van der Waals surface area contributed by atoms with Crippen LogP contribution in [-0.4, -0.2) is 45.1 Å². The Bertz CT molecular complexity index is 2830. The second-order valence-electron chi connectivity index (χ2n) is 13.4. The minimum atomic E-state index is -1.13. The predicted octanol–water partition coefficient (Wildman–Crippen LogP) is 9.93. The smallest absolute Gasteiger partial charge is 0.339 e. The predicted molar refractivity (Wildman–Crippen MR) is 226 cm³/mol. The largest absolute Gasteiger partial charge is 0.478 e. The molecule has 8 aromatic rings. The maximum Gasteiger partial charge on any atom is 0.339 e. The van der Waals surface area contributed by atoms with E-state index in [9.17, 15) is 24.3 Å². The molecule has 0 fully saturated rings. The first kappa shape index (κ1) is 39.1. The molecule has 0 aliphatic rings. The second-order valence-corrected chi connectivity index (χ2v) is 13.4. The van der Waals surface area contributed by atoms with Crippen molar-refractivity contribution in [2.24, 2.45) is 14.1 Å². The lowest BCUT2D eigenvalue weighted by atomic mass is 10.1. The fourth-order valence-electron chi connectivity index (χ4n) is 6.34. The second kappa shape index (κ2) is 17.3. The molecule has 0 aliphatic heterocycles. The zero-order chi connectivity index (χ0) is 41.5. The number of ether oxygens (including phenoxy) is 3. The monoisotopic (exact) mass is 786 g/mol. The van der Waals surface area contributed by atoms with Crippen LogP contribution in [0.25, 0.3) is 21.8 Å². The first-order valence-corrected chi connectivity index (χ1v) is 18.3. The van der Waals surface area contributed by atoms with Gasteiger partial charge in [-0.25, -0.2) is 9.59 Å². The number of carboxylic acid groups (broad SMARTS) is 1. The maximum atomic E-state index is 12.6. The van der Waals surface area contributed by atoms with Crippen molar-refractivity contribution in [2.75, 3.05) is 17.7 Å². The number of hydrogen-bond donors (Lipinski definition) is 3. The molecular weight excluding hydrogens is 749 g/mol. The number of fused-ring (bicyclic) bond motifs is 2. The molecule has 2 aromatic heterocycles. The summed E-state index contributed by atoms with van der Waals surface area (Å²) in [4.78, 5) is 48.8. The summed E-state index contributed by atoms with van der Waals surface area (Å²) in [6, 6.07) is 42.2. The van der Waals surface area contributed by atoms with E-state index < -0.39 is 17.8 Å². The van der Waals surface area contributed by atoms with Crippen LogP contribution >= 0.6 is 0 Å². The van der Waals surface area contributed by atoms with E-state index in [-0.39, 0.29) is 22.7 Å². The fourth-order valence-corrected chi connectivity index (χ4v) is 6.34. The van der Waals surface area contributed by atoms with E-state index in [1.807, 2.05) is 90.2 Å². The highest BCUT2D eigenvalue weighted by molar-refractivity contribution is 6.09. The Morgan fingerprint density at radius 2 is 0.915 bits per heavy atom. The topological polar surface area (TPSA) is 150 Å². The third kappa shape index (κ3) is 9.14. The molecule has 0 aliphatic carbocycles. The van der Waals surface area contributed by atoms with Crippen LogP contribution in [0.3, 0.4) is 0 Å². The number of methoxy groups -OCH3 is 1. The molecule has 2 heterocycles. The molecule has 0 bridgehead atoms. The van der Waals surface area contributed by atoms with Crippen LogP contribution in [0.1, 0.15) is 41.4 Å². The van der Waals surface area contributed by atoms with Crippen molar-refractivity contribution in [1.82, 2.24) is 9.13 Å². The average molecular weight is 787 g/mol. The number of aryl methyl sites for hydroxylation is 2. The lowest BCUT2D eigenvalue weighted by Gasteiger charge is -2.13. The van der Waals surface area contributed by atoms with Gasteiger partial charge in [0.05, 0.1) is 29.6 Å². The van der Waals surface area contributed by atoms with Crippen LogP contribution in [0.15, 0.2) is 158 Å². The summed E-state index contributed by atoms with van der Waals surface area (Å²) in [6.07, 6.45) is 3.95. The van der Waals surface area contributed by atoms with Gasteiger partial charge in [0.2, 0.25) is 0 Å². The minimum absolute atomic E-state index is 0.0138. The van der Waals surface area contributed by atoms with Crippen molar-refractivity contribution in [3.05, 3.63) is 180 Å². The van der Waals surface area contributed by atoms with Gasteiger partial charge in [0.15, 0.2) is 0 Å². The van der Waals surface area contributed by atoms with Gasteiger partial charge in [-0.3, -0.25) is 9.59 Å². The number of anilines is 2. The van der Waals surface area contributed by atoms with Crippen LogP contribution in [0.2, 0.25) is 0 Å². The van der Waals surface area contributed by atoms with Gasteiger partial charge in [0, 0.05) is 71.6 Å². The highest BCUT2D eigenvalue weighted by Gasteiger charge is 2.18. The molecule has 12 heteroatoms. The van der Waals surface area contributed by atoms with E-state index in [1.165, 1.54) is 19.2 Å². The van der Waals surface area contributed by atoms with E-state index in [0.29, 0.717) is 39.8 Å². The number of nitrogens with one attached hydrogen (secondary N) is 2. The van der Waals surface area contributed by atoms with Crippen molar-refractivity contribution in [3.8, 4) is 23.0 Å². The van der Waals surface area contributed by atoms with E-state index in [2.05, 4.69) is 10.6 Å². The zero-order valence-corrected chi connectivity index (χ0v) is 32.2. The number of hydrogen-bond acceptors (Lipinski definition) is 7. The number of carbonyl (C=O) groups is 4. The summed E-state index contributed by atoms with van der Waals surface area (Å²) < 4.78 is 20.8. The number of aromatic carboxylic acids is 1. The Hall–Kier alpha value is -8.12. The molecule has 2 amide bonds. The van der Waals surface area contributed by atoms with Gasteiger partial charge in [-0.05, 0) is 97.1 Å². The highest BCUT2D eigenvalue weighted by Crippen LogP contribution is 2.32. The number of amides is 2.